The van der Waals surface area contributed by atoms with Crippen LogP contribution < -0.4 is 10.6 Å². The van der Waals surface area contributed by atoms with Gasteiger partial charge in [0.1, 0.15) is 0 Å². The summed E-state index contributed by atoms with van der Waals surface area (Å²) >= 11 is 8.86. The van der Waals surface area contributed by atoms with Crippen molar-refractivity contribution in [2.24, 2.45) is 0 Å². The van der Waals surface area contributed by atoms with E-state index in [2.05, 4.69) is 62.7 Å². The largest absolute Gasteiger partial charge is 0.357 e. The van der Waals surface area contributed by atoms with E-state index in [1.807, 2.05) is 40.0 Å². The van der Waals surface area contributed by atoms with Crippen LogP contribution in [-0.4, -0.2) is 24.7 Å². The second-order valence-corrected chi connectivity index (χ2v) is 7.17. The van der Waals surface area contributed by atoms with Gasteiger partial charge in [-0.25, -0.2) is 0 Å². The molecule has 0 fully saturated rings. The molecule has 2 heterocycles. The van der Waals surface area contributed by atoms with Crippen LogP contribution in [-0.2, 0) is 19.6 Å². The van der Waals surface area contributed by atoms with Crippen molar-refractivity contribution in [1.82, 2.24) is 24.9 Å². The van der Waals surface area contributed by atoms with E-state index in [9.17, 15) is 0 Å². The molecular weight excluding hydrogens is 412 g/mol. The maximum Gasteiger partial charge on any atom is 0.172 e. The molecule has 0 saturated carbocycles. The van der Waals surface area contributed by atoms with Crippen LogP contribution >= 0.6 is 28.1 Å². The molecule has 0 radical (unpaired) electrons. The van der Waals surface area contributed by atoms with E-state index in [0.717, 1.165) is 23.3 Å². The molecule has 26 heavy (non-hydrogen) atoms. The molecule has 0 saturated heterocycles. The molecule has 0 aliphatic heterocycles. The number of thiocarbonyl (C=S) groups is 1. The van der Waals surface area contributed by atoms with Gasteiger partial charge in [0.2, 0.25) is 0 Å². The Hall–Kier alpha value is -2.19. The summed E-state index contributed by atoms with van der Waals surface area (Å²) in [6.07, 6.45) is 3.90. The molecule has 0 aliphatic rings. The monoisotopic (exact) mass is 432 g/mol. The van der Waals surface area contributed by atoms with Gasteiger partial charge in [-0.2, -0.15) is 10.2 Å². The summed E-state index contributed by atoms with van der Waals surface area (Å²) in [7, 11) is 0. The number of anilines is 1. The average molecular weight is 433 g/mol. The maximum absolute atomic E-state index is 5.35. The maximum atomic E-state index is 5.35. The molecule has 2 N–H and O–H groups in total. The topological polar surface area (TPSA) is 59.7 Å². The van der Waals surface area contributed by atoms with Crippen molar-refractivity contribution in [2.45, 2.75) is 33.5 Å². The van der Waals surface area contributed by atoms with Crippen LogP contribution in [0.15, 0.2) is 47.2 Å². The van der Waals surface area contributed by atoms with Crippen molar-refractivity contribution >= 4 is 39.1 Å². The molecule has 8 heteroatoms. The Bertz CT molecular complexity index is 901. The van der Waals surface area contributed by atoms with Crippen LogP contribution in [0.3, 0.4) is 0 Å². The number of aromatic nitrogens is 4. The first kappa shape index (κ1) is 18.6. The van der Waals surface area contributed by atoms with Crippen molar-refractivity contribution in [3.8, 4) is 0 Å². The van der Waals surface area contributed by atoms with Gasteiger partial charge in [-0.3, -0.25) is 9.36 Å². The molecule has 3 aromatic rings. The fourth-order valence-corrected chi connectivity index (χ4v) is 3.15. The zero-order chi connectivity index (χ0) is 18.5. The normalized spacial score (nSPS) is 10.7. The Morgan fingerprint density at radius 2 is 2.00 bits per heavy atom. The minimum absolute atomic E-state index is 0.518. The van der Waals surface area contributed by atoms with Crippen molar-refractivity contribution in [3.05, 3.63) is 64.0 Å². The van der Waals surface area contributed by atoms with Gasteiger partial charge in [-0.05, 0) is 53.1 Å². The predicted molar refractivity (Wildman–Crippen MR) is 111 cm³/mol. The van der Waals surface area contributed by atoms with E-state index in [4.69, 9.17) is 12.2 Å². The summed E-state index contributed by atoms with van der Waals surface area (Å²) in [6, 6.07) is 10.2. The predicted octanol–water partition coefficient (Wildman–Crippen LogP) is 3.71. The Kier molecular flexibility index (Phi) is 6.05. The molecule has 0 aliphatic carbocycles. The number of halogens is 1. The first-order chi connectivity index (χ1) is 12.5. The molecule has 1 aromatic carbocycles. The van der Waals surface area contributed by atoms with Crippen molar-refractivity contribution in [3.63, 3.8) is 0 Å². The van der Waals surface area contributed by atoms with Crippen LogP contribution in [0.5, 0.6) is 0 Å². The van der Waals surface area contributed by atoms with Gasteiger partial charge in [-0.1, -0.05) is 24.3 Å². The van der Waals surface area contributed by atoms with Gasteiger partial charge in [0.05, 0.1) is 23.3 Å². The standard InChI is InChI=1S/C18H21BrN6S/c1-3-24-12-15(19)16(22-24)10-20-18(26)21-17-8-9-25(23-17)11-14-7-5-4-6-13(14)2/h4-9,12H,3,10-11H2,1-2H3,(H2,20,21,23,26). The fourth-order valence-electron chi connectivity index (χ4n) is 2.52. The van der Waals surface area contributed by atoms with Crippen molar-refractivity contribution in [1.29, 1.82) is 0 Å². The van der Waals surface area contributed by atoms with E-state index < -0.39 is 0 Å². The number of hydrogen-bond donors (Lipinski definition) is 2. The Morgan fingerprint density at radius 3 is 2.73 bits per heavy atom. The SMILES string of the molecule is CCn1cc(Br)c(CNC(=S)Nc2ccn(Cc3ccccc3C)n2)n1. The number of hydrogen-bond acceptors (Lipinski definition) is 3. The highest BCUT2D eigenvalue weighted by Crippen LogP contribution is 2.15. The second kappa shape index (κ2) is 8.46. The van der Waals surface area contributed by atoms with Gasteiger partial charge in [-0.15, -0.1) is 0 Å². The highest BCUT2D eigenvalue weighted by molar-refractivity contribution is 9.10. The number of nitrogens with one attached hydrogen (secondary N) is 2. The highest BCUT2D eigenvalue weighted by Gasteiger charge is 2.08. The molecule has 3 rings (SSSR count). The molecule has 6 nitrogen and oxygen atoms in total. The molecule has 0 unspecified atom stereocenters. The van der Waals surface area contributed by atoms with E-state index >= 15 is 0 Å². The minimum Gasteiger partial charge on any atom is -0.357 e. The summed E-state index contributed by atoms with van der Waals surface area (Å²) in [6.45, 7) is 6.27. The lowest BCUT2D eigenvalue weighted by atomic mass is 10.1. The summed E-state index contributed by atoms with van der Waals surface area (Å²) in [5.41, 5.74) is 3.42. The van der Waals surface area contributed by atoms with E-state index in [1.54, 1.807) is 0 Å². The second-order valence-electron chi connectivity index (χ2n) is 5.91. The molecule has 0 bridgehead atoms. The van der Waals surface area contributed by atoms with E-state index in [-0.39, 0.29) is 0 Å². The quantitative estimate of drug-likeness (QED) is 0.581. The molecular formula is C18H21BrN6S. The zero-order valence-corrected chi connectivity index (χ0v) is 17.1. The van der Waals surface area contributed by atoms with Crippen molar-refractivity contribution in [2.75, 3.05) is 5.32 Å². The number of benzene rings is 1. The van der Waals surface area contributed by atoms with Crippen LogP contribution in [0, 0.1) is 6.92 Å². The summed E-state index contributed by atoms with van der Waals surface area (Å²) in [4.78, 5) is 0. The number of nitrogens with zero attached hydrogens (tertiary/aromatic N) is 4. The van der Waals surface area contributed by atoms with Crippen LogP contribution in [0.25, 0.3) is 0 Å². The third-order valence-corrected chi connectivity index (χ3v) is 4.91. The van der Waals surface area contributed by atoms with Gasteiger partial charge in [0.15, 0.2) is 10.9 Å². The van der Waals surface area contributed by atoms with E-state index in [0.29, 0.717) is 17.5 Å². The van der Waals surface area contributed by atoms with Crippen LogP contribution in [0.2, 0.25) is 0 Å². The summed E-state index contributed by atoms with van der Waals surface area (Å²) < 4.78 is 4.74. The Labute approximate surface area is 166 Å². The molecule has 0 spiro atoms. The Balaban J connectivity index is 1.54. The minimum atomic E-state index is 0.518. The molecule has 0 amide bonds. The van der Waals surface area contributed by atoms with Gasteiger partial charge < -0.3 is 10.6 Å². The van der Waals surface area contributed by atoms with Gasteiger partial charge >= 0.3 is 0 Å². The molecule has 2 aromatic heterocycles. The third kappa shape index (κ3) is 4.70. The third-order valence-electron chi connectivity index (χ3n) is 4.00. The van der Waals surface area contributed by atoms with E-state index in [1.165, 1.54) is 11.1 Å². The zero-order valence-electron chi connectivity index (χ0n) is 14.7. The lowest BCUT2D eigenvalue weighted by molar-refractivity contribution is 0.643. The highest BCUT2D eigenvalue weighted by atomic mass is 79.9. The van der Waals surface area contributed by atoms with Crippen LogP contribution in [0.1, 0.15) is 23.7 Å². The number of rotatable bonds is 6. The smallest absolute Gasteiger partial charge is 0.172 e. The Morgan fingerprint density at radius 1 is 1.19 bits per heavy atom. The lowest BCUT2D eigenvalue weighted by Gasteiger charge is -2.08. The molecule has 0 atom stereocenters. The summed E-state index contributed by atoms with van der Waals surface area (Å²) in [5.74, 6) is 0.717. The lowest BCUT2D eigenvalue weighted by Crippen LogP contribution is -2.28. The fraction of sp³-hybridized carbons (Fsp3) is 0.278. The average Bonchev–Trinajstić information content (AvgIpc) is 3.21. The van der Waals surface area contributed by atoms with Gasteiger partial charge in [0.25, 0.3) is 0 Å². The molecule has 136 valence electrons. The first-order valence-corrected chi connectivity index (χ1v) is 9.60. The van der Waals surface area contributed by atoms with Crippen LogP contribution in [0.4, 0.5) is 5.82 Å². The van der Waals surface area contributed by atoms with Crippen molar-refractivity contribution < 1.29 is 0 Å². The number of aryl methyl sites for hydroxylation is 2. The van der Waals surface area contributed by atoms with Gasteiger partial charge in [0, 0.05) is 25.0 Å². The first-order valence-electron chi connectivity index (χ1n) is 8.39. The summed E-state index contributed by atoms with van der Waals surface area (Å²) in [5, 5.41) is 15.8.